The van der Waals surface area contributed by atoms with Crippen LogP contribution in [0.5, 0.6) is 0 Å². The van der Waals surface area contributed by atoms with Crippen LogP contribution in [0, 0.1) is 0 Å². The van der Waals surface area contributed by atoms with Crippen molar-refractivity contribution in [2.24, 2.45) is 0 Å². The molecule has 368 valence electrons. The Morgan fingerprint density at radius 1 is 0.302 bits per heavy atom. The number of hydrogen-bond acceptors (Lipinski definition) is 6. The first-order valence-corrected chi connectivity index (χ1v) is 27.5. The summed E-state index contributed by atoms with van der Waals surface area (Å²) < 4.78 is 16.8. The molecule has 0 aliphatic carbocycles. The third kappa shape index (κ3) is 50.5. The SMILES string of the molecule is CCCCCCCC/C=C\CCCCCCCC(=O)OCC(CO[13C](=O)[13CH2][13CH2][13CH2][13CH2][13CH2][13CH2][13CH2]/[13CH]=[13CH]\[13CH2][13CH2][13CH2][13CH2][13CH2][13CH2][13CH2][13CH3])OC(=O)CCCCCCC/C=C\CCCCCCCC. The van der Waals surface area contributed by atoms with Gasteiger partial charge in [0, 0.05) is 19.3 Å². The Hall–Kier alpha value is -2.37. The van der Waals surface area contributed by atoms with Gasteiger partial charge in [-0.3, -0.25) is 14.4 Å². The van der Waals surface area contributed by atoms with Crippen molar-refractivity contribution in [2.45, 2.75) is 297 Å². The van der Waals surface area contributed by atoms with E-state index in [0.717, 1.165) is 77.0 Å². The largest absolute Gasteiger partial charge is 0.462 e. The van der Waals surface area contributed by atoms with E-state index in [9.17, 15) is 14.4 Å². The maximum atomic E-state index is 12.8. The smallest absolute Gasteiger partial charge is 0.306 e. The van der Waals surface area contributed by atoms with Crippen LogP contribution in [0.3, 0.4) is 0 Å². The fraction of sp³-hybridized carbons (Fsp3) is 0.842. The highest BCUT2D eigenvalue weighted by atomic mass is 16.6. The summed E-state index contributed by atoms with van der Waals surface area (Å²) >= 11 is 0. The Balaban J connectivity index is 4.39. The molecule has 0 aromatic rings. The monoisotopic (exact) mass is 903 g/mol. The molecule has 0 fully saturated rings. The molecule has 0 heterocycles. The topological polar surface area (TPSA) is 78.9 Å². The van der Waals surface area contributed by atoms with Crippen LogP contribution in [0.15, 0.2) is 36.5 Å². The third-order valence-corrected chi connectivity index (χ3v) is 12.1. The van der Waals surface area contributed by atoms with E-state index in [0.29, 0.717) is 19.3 Å². The number of esters is 3. The van der Waals surface area contributed by atoms with Crippen molar-refractivity contribution in [1.82, 2.24) is 0 Å². The molecule has 0 amide bonds. The van der Waals surface area contributed by atoms with Gasteiger partial charge in [0.1, 0.15) is 13.2 Å². The van der Waals surface area contributed by atoms with Crippen molar-refractivity contribution in [3.8, 4) is 0 Å². The van der Waals surface area contributed by atoms with Crippen LogP contribution >= 0.6 is 0 Å². The number of hydrogen-bond donors (Lipinski definition) is 0. The van der Waals surface area contributed by atoms with Crippen molar-refractivity contribution in [2.75, 3.05) is 13.2 Å². The molecule has 1 unspecified atom stereocenters. The predicted molar refractivity (Wildman–Crippen MR) is 270 cm³/mol. The maximum absolute atomic E-state index is 12.8. The van der Waals surface area contributed by atoms with Gasteiger partial charge in [-0.1, -0.05) is 211 Å². The van der Waals surface area contributed by atoms with E-state index >= 15 is 0 Å². The molecular formula is C57H104O6. The molecule has 0 saturated heterocycles. The Morgan fingerprint density at radius 3 is 0.794 bits per heavy atom. The lowest BCUT2D eigenvalue weighted by molar-refractivity contribution is -0.167. The van der Waals surface area contributed by atoms with Crippen LogP contribution in [0.4, 0.5) is 0 Å². The van der Waals surface area contributed by atoms with E-state index in [1.54, 1.807) is 0 Å². The maximum Gasteiger partial charge on any atom is 0.306 e. The van der Waals surface area contributed by atoms with Gasteiger partial charge in [0.05, 0.1) is 0 Å². The summed E-state index contributed by atoms with van der Waals surface area (Å²) in [5.74, 6) is -0.893. The van der Waals surface area contributed by atoms with Crippen molar-refractivity contribution < 1.29 is 28.6 Å². The zero-order valence-corrected chi connectivity index (χ0v) is 42.1. The van der Waals surface area contributed by atoms with Gasteiger partial charge < -0.3 is 14.2 Å². The van der Waals surface area contributed by atoms with Gasteiger partial charge in [-0.2, -0.15) is 0 Å². The van der Waals surface area contributed by atoms with E-state index in [2.05, 4.69) is 57.2 Å². The molecule has 63 heavy (non-hydrogen) atoms. The molecule has 6 nitrogen and oxygen atoms in total. The van der Waals surface area contributed by atoms with Gasteiger partial charge in [-0.15, -0.1) is 0 Å². The van der Waals surface area contributed by atoms with Crippen molar-refractivity contribution in [3.63, 3.8) is 0 Å². The molecule has 0 aromatic carbocycles. The minimum absolute atomic E-state index is 0.0806. The quantitative estimate of drug-likeness (QED) is 0.0199. The average molecular weight is 903 g/mol. The van der Waals surface area contributed by atoms with Crippen LogP contribution in [0.2, 0.25) is 0 Å². The van der Waals surface area contributed by atoms with E-state index < -0.39 is 6.10 Å². The third-order valence-electron chi connectivity index (χ3n) is 12.1. The van der Waals surface area contributed by atoms with Crippen LogP contribution in [-0.2, 0) is 28.6 Å². The Bertz CT molecular complexity index is 1010. The molecule has 6 heteroatoms. The predicted octanol–water partition coefficient (Wildman–Crippen LogP) is 18.1. The molecule has 0 N–H and O–H groups in total. The molecule has 0 aromatic heterocycles. The second-order valence-electron chi connectivity index (χ2n) is 18.5. The molecule has 0 rings (SSSR count). The first kappa shape index (κ1) is 60.6. The van der Waals surface area contributed by atoms with Crippen molar-refractivity contribution in [3.05, 3.63) is 36.5 Å². The van der Waals surface area contributed by atoms with Gasteiger partial charge in [0.15, 0.2) is 6.10 Å². The molecule has 0 spiro atoms. The van der Waals surface area contributed by atoms with Crippen LogP contribution in [-0.4, -0.2) is 37.2 Å². The molecule has 0 aliphatic rings. The first-order valence-electron chi connectivity index (χ1n) is 27.5. The van der Waals surface area contributed by atoms with E-state index in [1.807, 2.05) is 0 Å². The number of rotatable bonds is 50. The van der Waals surface area contributed by atoms with Crippen LogP contribution in [0.1, 0.15) is 290 Å². The van der Waals surface area contributed by atoms with Gasteiger partial charge >= 0.3 is 17.9 Å². The standard InChI is InChI=1S/C57H104O6/c1-4-7-10-13-16-19-22-25-28-31-34-37-40-43-46-49-55(58)61-52-54(63-57(60)51-48-45-42-39-36-33-30-27-24-21-18-15-12-9-6-3)53-62-56(59)50-47-44-41-38-35-32-29-26-23-20-17-14-11-8-5-2/h25-30,54H,4-24,31-53H2,1-3H3/b28-25-,29-26-,30-27-/i1+1,4+1,7+1,10+1,13+1,16+1,19+1,22+1,25+1,28+1,31+1,34+1,37+1,40+1,43+1,46+1,49+1,55+1. The number of carbonyl (C=O) groups is 3. The van der Waals surface area contributed by atoms with Crippen molar-refractivity contribution in [1.29, 1.82) is 0 Å². The minimum atomic E-state index is -0.781. The molecule has 1 atom stereocenters. The lowest BCUT2D eigenvalue weighted by Crippen LogP contribution is -2.30. The van der Waals surface area contributed by atoms with Gasteiger partial charge in [-0.25, -0.2) is 0 Å². The number of unbranched alkanes of at least 4 members (excludes halogenated alkanes) is 33. The summed E-state index contributed by atoms with van der Waals surface area (Å²) in [6, 6.07) is 0. The van der Waals surface area contributed by atoms with Crippen LogP contribution in [0.25, 0.3) is 0 Å². The zero-order valence-electron chi connectivity index (χ0n) is 42.1. The summed E-state index contributed by atoms with van der Waals surface area (Å²) in [5.41, 5.74) is 0. The number of carbonyl (C=O) groups excluding carboxylic acids is 3. The summed E-state index contributed by atoms with van der Waals surface area (Å²) in [7, 11) is 0. The zero-order chi connectivity index (χ0) is 45.8. The lowest BCUT2D eigenvalue weighted by atomic mass is 10.1. The summed E-state index contributed by atoms with van der Waals surface area (Å²) in [5, 5.41) is 0. The van der Waals surface area contributed by atoms with E-state index in [1.165, 1.54) is 173 Å². The summed E-state index contributed by atoms with van der Waals surface area (Å²) in [6.07, 6.45) is 61.2. The molecule has 0 bridgehead atoms. The average Bonchev–Trinajstić information content (AvgIpc) is 3.28. The number of ether oxygens (including phenoxy) is 3. The van der Waals surface area contributed by atoms with E-state index in [-0.39, 0.29) is 31.1 Å². The Kier molecular flexibility index (Phi) is 50.3. The Morgan fingerprint density at radius 2 is 0.524 bits per heavy atom. The molecule has 0 aliphatic heterocycles. The molecular weight excluding hydrogens is 798 g/mol. The lowest BCUT2D eigenvalue weighted by Gasteiger charge is -2.18. The fourth-order valence-electron chi connectivity index (χ4n) is 7.90. The van der Waals surface area contributed by atoms with Gasteiger partial charge in [0.25, 0.3) is 0 Å². The van der Waals surface area contributed by atoms with Gasteiger partial charge in [-0.05, 0) is 96.3 Å². The Labute approximate surface area is 391 Å². The van der Waals surface area contributed by atoms with Gasteiger partial charge in [0.2, 0.25) is 0 Å². The second kappa shape index (κ2) is 52.3. The first-order chi connectivity index (χ1) is 31.0. The molecule has 0 radical (unpaired) electrons. The second-order valence-corrected chi connectivity index (χ2v) is 18.5. The molecule has 0 saturated carbocycles. The van der Waals surface area contributed by atoms with Crippen molar-refractivity contribution >= 4 is 17.9 Å². The van der Waals surface area contributed by atoms with E-state index in [4.69, 9.17) is 14.2 Å². The highest BCUT2D eigenvalue weighted by Crippen LogP contribution is 2.15. The highest BCUT2D eigenvalue weighted by molar-refractivity contribution is 5.71. The summed E-state index contributed by atoms with van der Waals surface area (Å²) in [4.78, 5) is 38.0. The fourth-order valence-corrected chi connectivity index (χ4v) is 7.90. The number of allylic oxidation sites excluding steroid dienone is 6. The normalized spacial score (nSPS) is 12.2. The van der Waals surface area contributed by atoms with Crippen LogP contribution < -0.4 is 0 Å². The highest BCUT2D eigenvalue weighted by Gasteiger charge is 2.19. The summed E-state index contributed by atoms with van der Waals surface area (Å²) in [6.45, 7) is 6.63. The minimum Gasteiger partial charge on any atom is -0.462 e.